The number of anilines is 1. The molecule has 168 valence electrons. The summed E-state index contributed by atoms with van der Waals surface area (Å²) in [5.41, 5.74) is 4.76. The second-order valence-corrected chi connectivity index (χ2v) is 8.92. The smallest absolute Gasteiger partial charge is 0.228 e. The summed E-state index contributed by atoms with van der Waals surface area (Å²) in [4.78, 5) is 25.6. The van der Waals surface area contributed by atoms with Gasteiger partial charge in [-0.2, -0.15) is 0 Å². The second-order valence-electron chi connectivity index (χ2n) is 8.92. The van der Waals surface area contributed by atoms with E-state index >= 15 is 0 Å². The number of ether oxygens (including phenoxy) is 1. The number of nitrogens with one attached hydrogen (secondary N) is 2. The normalized spacial score (nSPS) is 15.3. The Hall–Kier alpha value is -3.86. The van der Waals surface area contributed by atoms with Crippen LogP contribution in [0.1, 0.15) is 40.9 Å². The third-order valence-electron chi connectivity index (χ3n) is 5.63. The van der Waals surface area contributed by atoms with Crippen LogP contribution in [0.2, 0.25) is 0 Å². The predicted molar refractivity (Wildman–Crippen MR) is 131 cm³/mol. The minimum Gasteiger partial charge on any atom is -0.497 e. The first kappa shape index (κ1) is 22.3. The number of allylic oxidation sites excluding steroid dienone is 1. The zero-order valence-corrected chi connectivity index (χ0v) is 19.1. The lowest BCUT2D eigenvalue weighted by Gasteiger charge is -2.35. The SMILES string of the molecule is COc1ccc2c(c1)/C(=C/C(=O)c1cccc(NC(=O)Cc3ccccc3)c1)NC(C)(C)C2. The van der Waals surface area contributed by atoms with Crippen LogP contribution in [0.5, 0.6) is 5.75 Å². The van der Waals surface area contributed by atoms with Gasteiger partial charge in [-0.3, -0.25) is 9.59 Å². The van der Waals surface area contributed by atoms with Crippen LogP contribution in [0, 0.1) is 0 Å². The molecule has 3 aromatic rings. The zero-order valence-electron chi connectivity index (χ0n) is 19.1. The number of rotatable bonds is 6. The standard InChI is InChI=1S/C28H28N2O3/c1-28(2)18-21-12-13-23(33-3)16-24(21)25(30-28)17-26(31)20-10-7-11-22(15-20)29-27(32)14-19-8-5-4-6-9-19/h4-13,15-17,30H,14,18H2,1-3H3,(H,29,32)/b25-17-. The Morgan fingerprint density at radius 1 is 1.03 bits per heavy atom. The minimum absolute atomic E-state index is 0.124. The summed E-state index contributed by atoms with van der Waals surface area (Å²) in [6.07, 6.45) is 2.76. The van der Waals surface area contributed by atoms with Crippen molar-refractivity contribution in [2.45, 2.75) is 32.2 Å². The van der Waals surface area contributed by atoms with Gasteiger partial charge in [0.1, 0.15) is 5.75 Å². The topological polar surface area (TPSA) is 67.4 Å². The van der Waals surface area contributed by atoms with Gasteiger partial charge in [0.15, 0.2) is 5.78 Å². The van der Waals surface area contributed by atoms with Crippen molar-refractivity contribution in [3.05, 3.63) is 101 Å². The van der Waals surface area contributed by atoms with Crippen LogP contribution in [0.25, 0.3) is 5.70 Å². The molecule has 1 amide bonds. The van der Waals surface area contributed by atoms with Gasteiger partial charge in [0.05, 0.1) is 13.5 Å². The first-order valence-corrected chi connectivity index (χ1v) is 11.0. The molecule has 0 aliphatic carbocycles. The third-order valence-corrected chi connectivity index (χ3v) is 5.63. The molecule has 1 aliphatic rings. The number of carbonyl (C=O) groups excluding carboxylic acids is 2. The number of hydrogen-bond donors (Lipinski definition) is 2. The van der Waals surface area contributed by atoms with Gasteiger partial charge in [-0.05, 0) is 55.7 Å². The maximum absolute atomic E-state index is 13.2. The number of methoxy groups -OCH3 is 1. The number of fused-ring (bicyclic) bond motifs is 1. The van der Waals surface area contributed by atoms with Gasteiger partial charge in [-0.1, -0.05) is 48.5 Å². The van der Waals surface area contributed by atoms with E-state index in [0.717, 1.165) is 29.0 Å². The van der Waals surface area contributed by atoms with Crippen molar-refractivity contribution < 1.29 is 14.3 Å². The molecule has 0 bridgehead atoms. The highest BCUT2D eigenvalue weighted by molar-refractivity contribution is 6.09. The van der Waals surface area contributed by atoms with Crippen LogP contribution in [0.4, 0.5) is 5.69 Å². The zero-order chi connectivity index (χ0) is 23.4. The van der Waals surface area contributed by atoms with E-state index in [0.29, 0.717) is 11.3 Å². The predicted octanol–water partition coefficient (Wildman–Crippen LogP) is 5.02. The van der Waals surface area contributed by atoms with Crippen LogP contribution >= 0.6 is 0 Å². The highest BCUT2D eigenvalue weighted by Gasteiger charge is 2.28. The van der Waals surface area contributed by atoms with Crippen LogP contribution in [0.3, 0.4) is 0 Å². The molecule has 0 radical (unpaired) electrons. The monoisotopic (exact) mass is 440 g/mol. The summed E-state index contributed by atoms with van der Waals surface area (Å²) >= 11 is 0. The number of carbonyl (C=O) groups is 2. The molecule has 0 fully saturated rings. The summed E-state index contributed by atoms with van der Waals surface area (Å²) in [7, 11) is 1.63. The van der Waals surface area contributed by atoms with Gasteiger partial charge in [-0.15, -0.1) is 0 Å². The fourth-order valence-corrected chi connectivity index (χ4v) is 4.10. The lowest BCUT2D eigenvalue weighted by molar-refractivity contribution is -0.115. The molecule has 0 saturated carbocycles. The van der Waals surface area contributed by atoms with Crippen molar-refractivity contribution in [3.63, 3.8) is 0 Å². The summed E-state index contributed by atoms with van der Waals surface area (Å²) < 4.78 is 5.39. The van der Waals surface area contributed by atoms with Crippen molar-refractivity contribution in [2.24, 2.45) is 0 Å². The molecule has 5 heteroatoms. The molecule has 1 heterocycles. The molecule has 0 atom stereocenters. The Morgan fingerprint density at radius 3 is 2.58 bits per heavy atom. The average molecular weight is 441 g/mol. The van der Waals surface area contributed by atoms with Crippen LogP contribution in [0.15, 0.2) is 78.9 Å². The molecule has 0 aromatic heterocycles. The lowest BCUT2D eigenvalue weighted by Crippen LogP contribution is -2.43. The van der Waals surface area contributed by atoms with Crippen molar-refractivity contribution in [1.82, 2.24) is 5.32 Å². The number of ketones is 1. The van der Waals surface area contributed by atoms with Gasteiger partial charge in [-0.25, -0.2) is 0 Å². The van der Waals surface area contributed by atoms with E-state index in [9.17, 15) is 9.59 Å². The Morgan fingerprint density at radius 2 is 1.82 bits per heavy atom. The van der Waals surface area contributed by atoms with Crippen LogP contribution in [-0.2, 0) is 17.6 Å². The molecule has 5 nitrogen and oxygen atoms in total. The molecule has 3 aromatic carbocycles. The minimum atomic E-state index is -0.180. The quantitative estimate of drug-likeness (QED) is 0.417. The van der Waals surface area contributed by atoms with Crippen LogP contribution < -0.4 is 15.4 Å². The maximum atomic E-state index is 13.2. The van der Waals surface area contributed by atoms with Gasteiger partial charge in [0.2, 0.25) is 5.91 Å². The molecule has 33 heavy (non-hydrogen) atoms. The first-order valence-electron chi connectivity index (χ1n) is 11.0. The molecular formula is C28H28N2O3. The molecule has 2 N–H and O–H groups in total. The molecule has 1 aliphatic heterocycles. The summed E-state index contributed by atoms with van der Waals surface area (Å²) in [5, 5.41) is 6.38. The van der Waals surface area contributed by atoms with E-state index in [1.165, 1.54) is 5.56 Å². The summed E-state index contributed by atoms with van der Waals surface area (Å²) in [6, 6.07) is 22.5. The molecule has 0 unspecified atom stereocenters. The highest BCUT2D eigenvalue weighted by Crippen LogP contribution is 2.32. The lowest BCUT2D eigenvalue weighted by atomic mass is 9.85. The van der Waals surface area contributed by atoms with Gasteiger partial charge < -0.3 is 15.4 Å². The molecule has 0 saturated heterocycles. The van der Waals surface area contributed by atoms with E-state index in [1.54, 1.807) is 37.5 Å². The van der Waals surface area contributed by atoms with Gasteiger partial charge in [0.25, 0.3) is 0 Å². The van der Waals surface area contributed by atoms with E-state index in [4.69, 9.17) is 4.74 Å². The van der Waals surface area contributed by atoms with Crippen molar-refractivity contribution in [2.75, 3.05) is 12.4 Å². The average Bonchev–Trinajstić information content (AvgIpc) is 2.79. The number of hydrogen-bond acceptors (Lipinski definition) is 4. The third kappa shape index (κ3) is 5.50. The van der Waals surface area contributed by atoms with Gasteiger partial charge in [0, 0.05) is 34.1 Å². The van der Waals surface area contributed by atoms with Crippen molar-refractivity contribution in [3.8, 4) is 5.75 Å². The number of amides is 1. The largest absolute Gasteiger partial charge is 0.497 e. The molecule has 4 rings (SSSR count). The Kier molecular flexibility index (Phi) is 6.31. The first-order chi connectivity index (χ1) is 15.8. The molecule has 0 spiro atoms. The molecular weight excluding hydrogens is 412 g/mol. The second kappa shape index (κ2) is 9.33. The summed E-state index contributed by atoms with van der Waals surface area (Å²) in [6.45, 7) is 4.22. The Balaban J connectivity index is 1.56. The Bertz CT molecular complexity index is 1210. The van der Waals surface area contributed by atoms with Crippen molar-refractivity contribution >= 4 is 23.1 Å². The van der Waals surface area contributed by atoms with E-state index in [1.807, 2.05) is 42.5 Å². The fourth-order valence-electron chi connectivity index (χ4n) is 4.10. The van der Waals surface area contributed by atoms with E-state index < -0.39 is 0 Å². The van der Waals surface area contributed by atoms with Gasteiger partial charge >= 0.3 is 0 Å². The van der Waals surface area contributed by atoms with Crippen LogP contribution in [-0.4, -0.2) is 24.3 Å². The summed E-state index contributed by atoms with van der Waals surface area (Å²) in [5.74, 6) is 0.487. The van der Waals surface area contributed by atoms with E-state index in [2.05, 4.69) is 30.5 Å². The fraction of sp³-hybridized carbons (Fsp3) is 0.214. The Labute approximate surface area is 194 Å². The number of benzene rings is 3. The highest BCUT2D eigenvalue weighted by atomic mass is 16.5. The van der Waals surface area contributed by atoms with E-state index in [-0.39, 0.29) is 23.7 Å². The van der Waals surface area contributed by atoms with Crippen molar-refractivity contribution in [1.29, 1.82) is 0 Å². The maximum Gasteiger partial charge on any atom is 0.228 e.